The molecule has 1 aromatic heterocycles. The molecule has 0 bridgehead atoms. The Labute approximate surface area is 115 Å². The Hall–Kier alpha value is -2.27. The zero-order chi connectivity index (χ0) is 13.8. The van der Waals surface area contributed by atoms with E-state index in [1.165, 1.54) is 19.4 Å². The summed E-state index contributed by atoms with van der Waals surface area (Å²) >= 11 is 5.98. The van der Waals surface area contributed by atoms with E-state index in [2.05, 4.69) is 10.3 Å². The molecule has 0 aliphatic carbocycles. The fraction of sp³-hybridized carbons (Fsp3) is 0.0769. The average Bonchev–Trinajstić information content (AvgIpc) is 2.39. The van der Waals surface area contributed by atoms with Crippen molar-refractivity contribution < 1.29 is 9.53 Å². The summed E-state index contributed by atoms with van der Waals surface area (Å²) in [5.74, 6) is 0.559. The molecule has 2 aromatic rings. The van der Waals surface area contributed by atoms with Crippen molar-refractivity contribution in [3.8, 4) is 5.75 Å². The first-order chi connectivity index (χ1) is 9.10. The van der Waals surface area contributed by atoms with Gasteiger partial charge in [-0.15, -0.1) is 0 Å². The highest BCUT2D eigenvalue weighted by atomic mass is 35.5. The Morgan fingerprint density at radius 3 is 2.79 bits per heavy atom. The number of amides is 1. The number of nitrogen functional groups attached to an aromatic ring is 1. The first kappa shape index (κ1) is 13.2. The van der Waals surface area contributed by atoms with E-state index in [-0.39, 0.29) is 5.91 Å². The molecule has 2 rings (SSSR count). The van der Waals surface area contributed by atoms with Crippen LogP contribution in [0.1, 0.15) is 10.4 Å². The molecule has 0 unspecified atom stereocenters. The summed E-state index contributed by atoms with van der Waals surface area (Å²) in [5.41, 5.74) is 6.53. The van der Waals surface area contributed by atoms with Gasteiger partial charge in [0, 0.05) is 17.4 Å². The molecule has 6 heteroatoms. The number of nitrogens with one attached hydrogen (secondary N) is 1. The minimum Gasteiger partial charge on any atom is -0.495 e. The van der Waals surface area contributed by atoms with E-state index in [1.807, 2.05) is 0 Å². The maximum atomic E-state index is 12.0. The fourth-order valence-electron chi connectivity index (χ4n) is 1.54. The van der Waals surface area contributed by atoms with Gasteiger partial charge in [0.2, 0.25) is 0 Å². The van der Waals surface area contributed by atoms with Crippen molar-refractivity contribution in [1.82, 2.24) is 4.98 Å². The van der Waals surface area contributed by atoms with Crippen LogP contribution < -0.4 is 15.8 Å². The zero-order valence-electron chi connectivity index (χ0n) is 10.2. The average molecular weight is 278 g/mol. The Kier molecular flexibility index (Phi) is 3.87. The van der Waals surface area contributed by atoms with E-state index in [0.29, 0.717) is 27.8 Å². The summed E-state index contributed by atoms with van der Waals surface area (Å²) in [6.45, 7) is 0. The number of hydrogen-bond donors (Lipinski definition) is 2. The molecular formula is C13H12ClN3O2. The predicted molar refractivity (Wildman–Crippen MR) is 74.6 cm³/mol. The molecule has 0 saturated carbocycles. The van der Waals surface area contributed by atoms with E-state index in [4.69, 9.17) is 22.1 Å². The molecule has 0 aliphatic heterocycles. The lowest BCUT2D eigenvalue weighted by molar-refractivity contribution is 0.102. The molecule has 19 heavy (non-hydrogen) atoms. The van der Waals surface area contributed by atoms with Crippen LogP contribution in [-0.2, 0) is 0 Å². The van der Waals surface area contributed by atoms with Gasteiger partial charge in [0.15, 0.2) is 0 Å². The number of methoxy groups -OCH3 is 1. The van der Waals surface area contributed by atoms with Gasteiger partial charge < -0.3 is 15.8 Å². The highest BCUT2D eigenvalue weighted by Gasteiger charge is 2.08. The van der Waals surface area contributed by atoms with Gasteiger partial charge in [-0.2, -0.15) is 0 Å². The summed E-state index contributed by atoms with van der Waals surface area (Å²) in [7, 11) is 1.53. The summed E-state index contributed by atoms with van der Waals surface area (Å²) in [6, 6.07) is 8.08. The Morgan fingerprint density at radius 1 is 1.37 bits per heavy atom. The third-order valence-corrected chi connectivity index (χ3v) is 2.75. The number of anilines is 2. The molecule has 1 heterocycles. The molecule has 1 amide bonds. The van der Waals surface area contributed by atoms with Gasteiger partial charge in [0.05, 0.1) is 12.1 Å². The van der Waals surface area contributed by atoms with Crippen LogP contribution in [0, 0.1) is 0 Å². The lowest BCUT2D eigenvalue weighted by Gasteiger charge is -2.08. The Bertz CT molecular complexity index is 617. The number of nitrogens with two attached hydrogens (primary N) is 1. The molecule has 0 atom stereocenters. The van der Waals surface area contributed by atoms with Crippen LogP contribution in [0.2, 0.25) is 5.02 Å². The van der Waals surface area contributed by atoms with Crippen LogP contribution in [-0.4, -0.2) is 18.0 Å². The van der Waals surface area contributed by atoms with Crippen LogP contribution in [0.3, 0.4) is 0 Å². The zero-order valence-corrected chi connectivity index (χ0v) is 10.9. The van der Waals surface area contributed by atoms with Gasteiger partial charge >= 0.3 is 0 Å². The fourth-order valence-corrected chi connectivity index (χ4v) is 1.79. The maximum Gasteiger partial charge on any atom is 0.255 e. The largest absolute Gasteiger partial charge is 0.495 e. The van der Waals surface area contributed by atoms with Crippen molar-refractivity contribution in [3.05, 3.63) is 47.1 Å². The lowest BCUT2D eigenvalue weighted by Crippen LogP contribution is -2.12. The number of carbonyl (C=O) groups excluding carboxylic acids is 1. The topological polar surface area (TPSA) is 77.2 Å². The quantitative estimate of drug-likeness (QED) is 0.904. The normalized spacial score (nSPS) is 10.0. The molecule has 3 N–H and O–H groups in total. The van der Waals surface area contributed by atoms with Crippen molar-refractivity contribution in [2.24, 2.45) is 0 Å². The summed E-state index contributed by atoms with van der Waals surface area (Å²) in [4.78, 5) is 15.8. The van der Waals surface area contributed by atoms with Gasteiger partial charge in [-0.3, -0.25) is 4.79 Å². The number of benzene rings is 1. The van der Waals surface area contributed by atoms with E-state index in [9.17, 15) is 4.79 Å². The van der Waals surface area contributed by atoms with Gasteiger partial charge in [0.25, 0.3) is 5.91 Å². The van der Waals surface area contributed by atoms with Crippen LogP contribution in [0.4, 0.5) is 11.5 Å². The maximum absolute atomic E-state index is 12.0. The monoisotopic (exact) mass is 277 g/mol. The predicted octanol–water partition coefficient (Wildman–Crippen LogP) is 2.58. The molecule has 0 fully saturated rings. The minimum absolute atomic E-state index is 0.282. The number of halogens is 1. The second kappa shape index (κ2) is 5.58. The molecule has 0 saturated heterocycles. The van der Waals surface area contributed by atoms with Crippen LogP contribution in [0.5, 0.6) is 5.75 Å². The third kappa shape index (κ3) is 3.14. The van der Waals surface area contributed by atoms with Crippen molar-refractivity contribution in [3.63, 3.8) is 0 Å². The van der Waals surface area contributed by atoms with E-state index < -0.39 is 0 Å². The lowest BCUT2D eigenvalue weighted by atomic mass is 10.2. The molecule has 5 nitrogen and oxygen atoms in total. The molecule has 98 valence electrons. The van der Waals surface area contributed by atoms with Crippen molar-refractivity contribution in [1.29, 1.82) is 0 Å². The van der Waals surface area contributed by atoms with Crippen LogP contribution in [0.15, 0.2) is 36.5 Å². The molecule has 0 spiro atoms. The number of aromatic nitrogens is 1. The van der Waals surface area contributed by atoms with Gasteiger partial charge in [0.1, 0.15) is 11.6 Å². The number of pyridine rings is 1. The van der Waals surface area contributed by atoms with E-state index >= 15 is 0 Å². The Morgan fingerprint density at radius 2 is 2.16 bits per heavy atom. The second-order valence-electron chi connectivity index (χ2n) is 3.77. The van der Waals surface area contributed by atoms with Gasteiger partial charge in [-0.25, -0.2) is 4.98 Å². The third-order valence-electron chi connectivity index (χ3n) is 2.45. The highest BCUT2D eigenvalue weighted by molar-refractivity contribution is 6.32. The Balaban J connectivity index is 2.17. The van der Waals surface area contributed by atoms with Crippen molar-refractivity contribution in [2.45, 2.75) is 0 Å². The number of nitrogens with zero attached hydrogens (tertiary/aromatic N) is 1. The van der Waals surface area contributed by atoms with Gasteiger partial charge in [-0.05, 0) is 30.3 Å². The molecule has 0 radical (unpaired) electrons. The molecule has 1 aromatic carbocycles. The van der Waals surface area contributed by atoms with E-state index in [1.54, 1.807) is 24.3 Å². The van der Waals surface area contributed by atoms with Crippen LogP contribution >= 0.6 is 11.6 Å². The molecular weight excluding hydrogens is 266 g/mol. The molecule has 0 aliphatic rings. The summed E-state index contributed by atoms with van der Waals surface area (Å²) in [6.07, 6.45) is 1.48. The minimum atomic E-state index is -0.282. The summed E-state index contributed by atoms with van der Waals surface area (Å²) in [5, 5.41) is 3.14. The summed E-state index contributed by atoms with van der Waals surface area (Å²) < 4.78 is 5.04. The standard InChI is InChI=1S/C13H12ClN3O2/c1-19-11-3-2-9(7-10(11)14)17-13(18)8-4-5-16-12(15)6-8/h2-7H,1H3,(H2,15,16)(H,17,18). The van der Waals surface area contributed by atoms with Crippen molar-refractivity contribution >= 4 is 29.0 Å². The SMILES string of the molecule is COc1ccc(NC(=O)c2ccnc(N)c2)cc1Cl. The highest BCUT2D eigenvalue weighted by Crippen LogP contribution is 2.27. The smallest absolute Gasteiger partial charge is 0.255 e. The number of rotatable bonds is 3. The van der Waals surface area contributed by atoms with E-state index in [0.717, 1.165) is 0 Å². The number of ether oxygens (including phenoxy) is 1. The second-order valence-corrected chi connectivity index (χ2v) is 4.18. The van der Waals surface area contributed by atoms with Crippen molar-refractivity contribution in [2.75, 3.05) is 18.2 Å². The van der Waals surface area contributed by atoms with Crippen LogP contribution in [0.25, 0.3) is 0 Å². The van der Waals surface area contributed by atoms with Gasteiger partial charge in [-0.1, -0.05) is 11.6 Å². The first-order valence-corrected chi connectivity index (χ1v) is 5.84. The number of carbonyl (C=O) groups is 1. The number of hydrogen-bond acceptors (Lipinski definition) is 4. The first-order valence-electron chi connectivity index (χ1n) is 5.46.